The van der Waals surface area contributed by atoms with Gasteiger partial charge in [0, 0.05) is 17.8 Å². The van der Waals surface area contributed by atoms with Gasteiger partial charge in [-0.1, -0.05) is 13.0 Å². The molecule has 0 amide bonds. The molecule has 0 aliphatic carbocycles. The highest BCUT2D eigenvalue weighted by atomic mass is 16.3. The quantitative estimate of drug-likeness (QED) is 0.814. The Kier molecular flexibility index (Phi) is 4.91. The molecule has 0 saturated heterocycles. The number of rotatable bonds is 5. The van der Waals surface area contributed by atoms with Gasteiger partial charge in [-0.25, -0.2) is 4.98 Å². The second-order valence-electron chi connectivity index (χ2n) is 5.41. The first kappa shape index (κ1) is 14.7. The largest absolute Gasteiger partial charge is 0.392 e. The average Bonchev–Trinajstić information content (AvgIpc) is 2.33. The van der Waals surface area contributed by atoms with E-state index in [1.165, 1.54) is 0 Å². The molecule has 0 fully saturated rings. The van der Waals surface area contributed by atoms with Crippen LogP contribution in [0.3, 0.4) is 0 Å². The van der Waals surface area contributed by atoms with Crippen LogP contribution >= 0.6 is 0 Å². The number of aliphatic hydroxyl groups is 1. The molecule has 3 heteroatoms. The molecule has 1 N–H and O–H groups in total. The molecule has 1 rings (SSSR count). The summed E-state index contributed by atoms with van der Waals surface area (Å²) in [7, 11) is 0. The third-order valence-electron chi connectivity index (χ3n) is 2.87. The Balaban J connectivity index is 3.22. The van der Waals surface area contributed by atoms with E-state index in [1.54, 1.807) is 0 Å². The molecule has 0 atom stereocenters. The first-order chi connectivity index (χ1) is 8.42. The number of anilines is 1. The van der Waals surface area contributed by atoms with Crippen molar-refractivity contribution in [3.8, 4) is 0 Å². The summed E-state index contributed by atoms with van der Waals surface area (Å²) in [5, 5.41) is 9.33. The van der Waals surface area contributed by atoms with E-state index in [2.05, 4.69) is 44.2 Å². The third kappa shape index (κ3) is 3.57. The Hall–Kier alpha value is -1.35. The Labute approximate surface area is 110 Å². The van der Waals surface area contributed by atoms with E-state index < -0.39 is 0 Å². The molecule has 1 heterocycles. The van der Waals surface area contributed by atoms with Gasteiger partial charge in [0.15, 0.2) is 0 Å². The average molecular weight is 248 g/mol. The van der Waals surface area contributed by atoms with Crippen molar-refractivity contribution >= 4 is 5.82 Å². The maximum Gasteiger partial charge on any atom is 0.129 e. The molecule has 0 aliphatic rings. The van der Waals surface area contributed by atoms with E-state index in [1.807, 2.05) is 18.2 Å². The molecule has 0 bridgehead atoms. The van der Waals surface area contributed by atoms with E-state index in [4.69, 9.17) is 0 Å². The third-order valence-corrected chi connectivity index (χ3v) is 2.87. The van der Waals surface area contributed by atoms with Crippen LogP contribution in [0.5, 0.6) is 0 Å². The fourth-order valence-electron chi connectivity index (χ4n) is 1.88. The Bertz CT molecular complexity index is 385. The van der Waals surface area contributed by atoms with Gasteiger partial charge >= 0.3 is 0 Å². The summed E-state index contributed by atoms with van der Waals surface area (Å²) in [5.74, 6) is 0.908. The molecule has 0 spiro atoms. The summed E-state index contributed by atoms with van der Waals surface area (Å²) in [5.41, 5.74) is 1.89. The van der Waals surface area contributed by atoms with Crippen LogP contribution in [0, 0.1) is 0 Å². The molecule has 100 valence electrons. The fourth-order valence-corrected chi connectivity index (χ4v) is 1.88. The lowest BCUT2D eigenvalue weighted by Gasteiger charge is -2.36. The highest BCUT2D eigenvalue weighted by Gasteiger charge is 2.22. The summed E-state index contributed by atoms with van der Waals surface area (Å²) in [6.45, 7) is 13.1. The van der Waals surface area contributed by atoms with Gasteiger partial charge in [-0.15, -0.1) is 6.58 Å². The number of nitrogens with zero attached hydrogens (tertiary/aromatic N) is 2. The van der Waals surface area contributed by atoms with Gasteiger partial charge < -0.3 is 10.0 Å². The lowest BCUT2D eigenvalue weighted by atomic mass is 10.1. The lowest BCUT2D eigenvalue weighted by molar-refractivity contribution is 0.281. The van der Waals surface area contributed by atoms with Gasteiger partial charge in [-0.3, -0.25) is 0 Å². The minimum Gasteiger partial charge on any atom is -0.392 e. The molecule has 0 radical (unpaired) electrons. The van der Waals surface area contributed by atoms with Crippen molar-refractivity contribution in [3.63, 3.8) is 0 Å². The standard InChI is InChI=1S/C15H24N2O/c1-6-8-17(15(3,4)5)14-10-12(11-18)9-13(7-2)16-14/h6,9-10,18H,1,7-8,11H2,2-5H3. The summed E-state index contributed by atoms with van der Waals surface area (Å²) in [6, 6.07) is 3.91. The van der Waals surface area contributed by atoms with Gasteiger partial charge in [-0.2, -0.15) is 0 Å². The molecular formula is C15H24N2O. The molecule has 1 aromatic heterocycles. The van der Waals surface area contributed by atoms with Crippen LogP contribution in [0.1, 0.15) is 39.0 Å². The maximum atomic E-state index is 9.33. The van der Waals surface area contributed by atoms with E-state index in [0.717, 1.165) is 30.0 Å². The van der Waals surface area contributed by atoms with Crippen LogP contribution in [0.2, 0.25) is 0 Å². The number of pyridine rings is 1. The van der Waals surface area contributed by atoms with Crippen LogP contribution < -0.4 is 4.90 Å². The van der Waals surface area contributed by atoms with Crippen LogP contribution in [-0.2, 0) is 13.0 Å². The molecule has 0 aromatic carbocycles. The van der Waals surface area contributed by atoms with Gasteiger partial charge in [-0.05, 0) is 44.9 Å². The van der Waals surface area contributed by atoms with Crippen molar-refractivity contribution in [2.75, 3.05) is 11.4 Å². The Morgan fingerprint density at radius 2 is 2.06 bits per heavy atom. The minimum atomic E-state index is -0.0275. The van der Waals surface area contributed by atoms with Crippen LogP contribution in [0.4, 0.5) is 5.82 Å². The lowest BCUT2D eigenvalue weighted by Crippen LogP contribution is -2.42. The summed E-state index contributed by atoms with van der Waals surface area (Å²) in [6.07, 6.45) is 2.75. The zero-order valence-corrected chi connectivity index (χ0v) is 11.9. The molecule has 3 nitrogen and oxygen atoms in total. The topological polar surface area (TPSA) is 36.4 Å². The zero-order valence-electron chi connectivity index (χ0n) is 11.9. The van der Waals surface area contributed by atoms with E-state index in [9.17, 15) is 5.11 Å². The Morgan fingerprint density at radius 3 is 2.50 bits per heavy atom. The smallest absolute Gasteiger partial charge is 0.129 e. The van der Waals surface area contributed by atoms with Crippen molar-refractivity contribution in [2.24, 2.45) is 0 Å². The summed E-state index contributed by atoms with van der Waals surface area (Å²) in [4.78, 5) is 6.85. The number of aromatic nitrogens is 1. The monoisotopic (exact) mass is 248 g/mol. The molecule has 1 aromatic rings. The van der Waals surface area contributed by atoms with Crippen molar-refractivity contribution in [3.05, 3.63) is 36.0 Å². The van der Waals surface area contributed by atoms with Gasteiger partial charge in [0.1, 0.15) is 5.82 Å². The number of aliphatic hydroxyl groups excluding tert-OH is 1. The number of hydrogen-bond acceptors (Lipinski definition) is 3. The number of aryl methyl sites for hydroxylation is 1. The van der Waals surface area contributed by atoms with Gasteiger partial charge in [0.05, 0.1) is 6.61 Å². The normalized spacial score (nSPS) is 11.4. The second-order valence-corrected chi connectivity index (χ2v) is 5.41. The SMILES string of the molecule is C=CCN(c1cc(CO)cc(CC)n1)C(C)(C)C. The van der Waals surface area contributed by atoms with Crippen molar-refractivity contribution in [2.45, 2.75) is 46.3 Å². The van der Waals surface area contributed by atoms with Crippen LogP contribution in [-0.4, -0.2) is 22.2 Å². The first-order valence-corrected chi connectivity index (χ1v) is 6.41. The number of hydrogen-bond donors (Lipinski definition) is 1. The summed E-state index contributed by atoms with van der Waals surface area (Å²) < 4.78 is 0. The van der Waals surface area contributed by atoms with Crippen LogP contribution in [0.15, 0.2) is 24.8 Å². The van der Waals surface area contributed by atoms with Crippen molar-refractivity contribution in [1.82, 2.24) is 4.98 Å². The molecule has 0 saturated carbocycles. The van der Waals surface area contributed by atoms with E-state index in [-0.39, 0.29) is 12.1 Å². The van der Waals surface area contributed by atoms with E-state index >= 15 is 0 Å². The minimum absolute atomic E-state index is 0.0275. The van der Waals surface area contributed by atoms with E-state index in [0.29, 0.717) is 0 Å². The molecule has 18 heavy (non-hydrogen) atoms. The zero-order chi connectivity index (χ0) is 13.8. The summed E-state index contributed by atoms with van der Waals surface area (Å²) >= 11 is 0. The van der Waals surface area contributed by atoms with Crippen molar-refractivity contribution < 1.29 is 5.11 Å². The second kappa shape index (κ2) is 6.01. The van der Waals surface area contributed by atoms with Gasteiger partial charge in [0.25, 0.3) is 0 Å². The molecule has 0 aliphatic heterocycles. The first-order valence-electron chi connectivity index (χ1n) is 6.41. The van der Waals surface area contributed by atoms with Gasteiger partial charge in [0.2, 0.25) is 0 Å². The molecular weight excluding hydrogens is 224 g/mol. The Morgan fingerprint density at radius 1 is 1.39 bits per heavy atom. The highest BCUT2D eigenvalue weighted by molar-refractivity contribution is 5.45. The van der Waals surface area contributed by atoms with Crippen molar-refractivity contribution in [1.29, 1.82) is 0 Å². The fraction of sp³-hybridized carbons (Fsp3) is 0.533. The predicted molar refractivity (Wildman–Crippen MR) is 76.8 cm³/mol. The highest BCUT2D eigenvalue weighted by Crippen LogP contribution is 2.23. The predicted octanol–water partition coefficient (Wildman–Crippen LogP) is 2.93. The molecule has 0 unspecified atom stereocenters. The van der Waals surface area contributed by atoms with Crippen LogP contribution in [0.25, 0.3) is 0 Å². The maximum absolute atomic E-state index is 9.33.